The maximum Gasteiger partial charge on any atom is 0.188 e. The highest BCUT2D eigenvalue weighted by Gasteiger charge is 2.22. The molecule has 0 spiro atoms. The quantitative estimate of drug-likeness (QED) is 0.767. The highest BCUT2D eigenvalue weighted by molar-refractivity contribution is 4.82. The Morgan fingerprint density at radius 3 is 2.62 bits per heavy atom. The highest BCUT2D eigenvalue weighted by Crippen LogP contribution is 2.20. The summed E-state index contributed by atoms with van der Waals surface area (Å²) in [5.74, 6) is 1.48. The molecular formula is C10H20N6. The molecule has 1 unspecified atom stereocenters. The molecule has 90 valence electrons. The number of nitrogens with zero attached hydrogens (tertiary/aromatic N) is 5. The summed E-state index contributed by atoms with van der Waals surface area (Å²) in [6.07, 6.45) is 2.36. The van der Waals surface area contributed by atoms with Crippen LogP contribution >= 0.6 is 0 Å². The van der Waals surface area contributed by atoms with Crippen LogP contribution in [0.5, 0.6) is 0 Å². The van der Waals surface area contributed by atoms with E-state index in [2.05, 4.69) is 27.2 Å². The molecule has 1 aliphatic rings. The minimum Gasteiger partial charge on any atom is -0.328 e. The average molecular weight is 224 g/mol. The molecule has 16 heavy (non-hydrogen) atoms. The lowest BCUT2D eigenvalue weighted by Gasteiger charge is -2.32. The third-order valence-corrected chi connectivity index (χ3v) is 3.29. The first-order valence-corrected chi connectivity index (χ1v) is 5.86. The van der Waals surface area contributed by atoms with Gasteiger partial charge in [0.1, 0.15) is 0 Å². The van der Waals surface area contributed by atoms with E-state index in [0.717, 1.165) is 25.5 Å². The van der Waals surface area contributed by atoms with E-state index in [-0.39, 0.29) is 0 Å². The van der Waals surface area contributed by atoms with Gasteiger partial charge in [0.15, 0.2) is 5.82 Å². The number of hydrogen-bond donors (Lipinski definition) is 1. The molecule has 0 radical (unpaired) electrons. The first-order chi connectivity index (χ1) is 7.65. The number of aromatic nitrogens is 4. The van der Waals surface area contributed by atoms with Gasteiger partial charge in [-0.1, -0.05) is 0 Å². The Bertz CT molecular complexity index is 326. The van der Waals surface area contributed by atoms with E-state index in [0.29, 0.717) is 12.0 Å². The monoisotopic (exact) mass is 224 g/mol. The van der Waals surface area contributed by atoms with Crippen molar-refractivity contribution in [3.63, 3.8) is 0 Å². The SMILES string of the molecule is CC(N)C1CCN(Cc2nnn(C)n2)CC1. The Morgan fingerprint density at radius 2 is 2.12 bits per heavy atom. The molecule has 1 atom stereocenters. The van der Waals surface area contributed by atoms with Crippen molar-refractivity contribution >= 4 is 0 Å². The van der Waals surface area contributed by atoms with Gasteiger partial charge in [-0.2, -0.15) is 4.80 Å². The van der Waals surface area contributed by atoms with E-state index in [1.165, 1.54) is 17.6 Å². The van der Waals surface area contributed by atoms with Crippen LogP contribution in [0, 0.1) is 5.92 Å². The van der Waals surface area contributed by atoms with Crippen LogP contribution < -0.4 is 5.73 Å². The van der Waals surface area contributed by atoms with Crippen molar-refractivity contribution in [2.24, 2.45) is 18.7 Å². The number of tetrazole rings is 1. The predicted molar refractivity (Wildman–Crippen MR) is 60.4 cm³/mol. The normalized spacial score (nSPS) is 21.2. The molecule has 1 aromatic rings. The van der Waals surface area contributed by atoms with Crippen LogP contribution in [0.2, 0.25) is 0 Å². The minimum atomic E-state index is 0.316. The van der Waals surface area contributed by atoms with Crippen LogP contribution in [0.15, 0.2) is 0 Å². The number of hydrogen-bond acceptors (Lipinski definition) is 5. The third kappa shape index (κ3) is 2.76. The average Bonchev–Trinajstić information content (AvgIpc) is 2.65. The number of nitrogens with two attached hydrogens (primary N) is 1. The van der Waals surface area contributed by atoms with Crippen molar-refractivity contribution in [1.82, 2.24) is 25.1 Å². The molecule has 0 aliphatic carbocycles. The standard InChI is InChI=1S/C10H20N6/c1-8(11)9-3-5-16(6-4-9)7-10-12-14-15(2)13-10/h8-9H,3-7,11H2,1-2H3. The van der Waals surface area contributed by atoms with Gasteiger partial charge in [-0.25, -0.2) is 0 Å². The van der Waals surface area contributed by atoms with Gasteiger partial charge in [0.05, 0.1) is 13.6 Å². The maximum absolute atomic E-state index is 5.91. The van der Waals surface area contributed by atoms with Crippen LogP contribution in [-0.4, -0.2) is 44.2 Å². The second-order valence-corrected chi connectivity index (χ2v) is 4.67. The van der Waals surface area contributed by atoms with Gasteiger partial charge >= 0.3 is 0 Å². The van der Waals surface area contributed by atoms with Crippen LogP contribution in [0.4, 0.5) is 0 Å². The van der Waals surface area contributed by atoms with Gasteiger partial charge in [-0.15, -0.1) is 10.2 Å². The number of aryl methyl sites for hydroxylation is 1. The van der Waals surface area contributed by atoms with Crippen molar-refractivity contribution in [2.45, 2.75) is 32.4 Å². The largest absolute Gasteiger partial charge is 0.328 e. The van der Waals surface area contributed by atoms with E-state index < -0.39 is 0 Å². The summed E-state index contributed by atoms with van der Waals surface area (Å²) in [6, 6.07) is 0.316. The molecule has 2 heterocycles. The van der Waals surface area contributed by atoms with Gasteiger partial charge in [0.2, 0.25) is 0 Å². The van der Waals surface area contributed by atoms with E-state index in [1.807, 2.05) is 0 Å². The fourth-order valence-electron chi connectivity index (χ4n) is 2.22. The molecule has 1 aliphatic heterocycles. The molecule has 0 amide bonds. The Morgan fingerprint density at radius 1 is 1.44 bits per heavy atom. The Labute approximate surface area is 95.8 Å². The molecule has 1 fully saturated rings. The second-order valence-electron chi connectivity index (χ2n) is 4.67. The molecule has 1 saturated heterocycles. The van der Waals surface area contributed by atoms with E-state index in [9.17, 15) is 0 Å². The Balaban J connectivity index is 1.81. The zero-order chi connectivity index (χ0) is 11.5. The van der Waals surface area contributed by atoms with Crippen molar-refractivity contribution in [3.05, 3.63) is 5.82 Å². The van der Waals surface area contributed by atoms with E-state index in [1.54, 1.807) is 7.05 Å². The predicted octanol–water partition coefficient (Wildman–Crippen LogP) is -0.231. The third-order valence-electron chi connectivity index (χ3n) is 3.29. The van der Waals surface area contributed by atoms with Crippen LogP contribution in [0.3, 0.4) is 0 Å². The molecule has 6 heteroatoms. The van der Waals surface area contributed by atoms with Gasteiger partial charge in [-0.05, 0) is 44.0 Å². The summed E-state index contributed by atoms with van der Waals surface area (Å²) >= 11 is 0. The molecule has 6 nitrogen and oxygen atoms in total. The van der Waals surface area contributed by atoms with Gasteiger partial charge in [0.25, 0.3) is 0 Å². The smallest absolute Gasteiger partial charge is 0.188 e. The summed E-state index contributed by atoms with van der Waals surface area (Å²) < 4.78 is 0. The van der Waals surface area contributed by atoms with Crippen LogP contribution in [0.25, 0.3) is 0 Å². The summed E-state index contributed by atoms with van der Waals surface area (Å²) in [4.78, 5) is 3.87. The van der Waals surface area contributed by atoms with Crippen molar-refractivity contribution in [2.75, 3.05) is 13.1 Å². The van der Waals surface area contributed by atoms with Gasteiger partial charge < -0.3 is 5.73 Å². The zero-order valence-electron chi connectivity index (χ0n) is 10.0. The fourth-order valence-corrected chi connectivity index (χ4v) is 2.22. The number of rotatable bonds is 3. The summed E-state index contributed by atoms with van der Waals surface area (Å²) in [5, 5.41) is 12.0. The van der Waals surface area contributed by atoms with Crippen LogP contribution in [-0.2, 0) is 13.6 Å². The minimum absolute atomic E-state index is 0.316. The lowest BCUT2D eigenvalue weighted by Crippen LogP contribution is -2.39. The van der Waals surface area contributed by atoms with Crippen LogP contribution in [0.1, 0.15) is 25.6 Å². The summed E-state index contributed by atoms with van der Waals surface area (Å²) in [6.45, 7) is 5.08. The molecule has 0 saturated carbocycles. The Kier molecular flexibility index (Phi) is 3.50. The lowest BCUT2D eigenvalue weighted by molar-refractivity contribution is 0.162. The van der Waals surface area contributed by atoms with Gasteiger partial charge in [0, 0.05) is 6.04 Å². The molecular weight excluding hydrogens is 204 g/mol. The summed E-state index contributed by atoms with van der Waals surface area (Å²) in [5.41, 5.74) is 5.91. The second kappa shape index (κ2) is 4.88. The molecule has 2 N–H and O–H groups in total. The molecule has 1 aromatic heterocycles. The number of piperidine rings is 1. The maximum atomic E-state index is 5.91. The van der Waals surface area contributed by atoms with Crippen molar-refractivity contribution < 1.29 is 0 Å². The van der Waals surface area contributed by atoms with E-state index >= 15 is 0 Å². The topological polar surface area (TPSA) is 72.9 Å². The van der Waals surface area contributed by atoms with Crippen molar-refractivity contribution in [3.8, 4) is 0 Å². The molecule has 0 aromatic carbocycles. The molecule has 2 rings (SSSR count). The highest BCUT2D eigenvalue weighted by atomic mass is 15.6. The van der Waals surface area contributed by atoms with Crippen molar-refractivity contribution in [1.29, 1.82) is 0 Å². The first-order valence-electron chi connectivity index (χ1n) is 5.86. The first kappa shape index (κ1) is 11.5. The van der Waals surface area contributed by atoms with E-state index in [4.69, 9.17) is 5.73 Å². The lowest BCUT2D eigenvalue weighted by atomic mass is 9.91. The Hall–Kier alpha value is -1.01. The zero-order valence-corrected chi connectivity index (χ0v) is 10.0. The van der Waals surface area contributed by atoms with Gasteiger partial charge in [-0.3, -0.25) is 4.90 Å². The fraction of sp³-hybridized carbons (Fsp3) is 0.900. The number of likely N-dealkylation sites (tertiary alicyclic amines) is 1. The summed E-state index contributed by atoms with van der Waals surface area (Å²) in [7, 11) is 1.79. The molecule has 0 bridgehead atoms.